The van der Waals surface area contributed by atoms with Crippen molar-refractivity contribution in [1.82, 2.24) is 0 Å². The van der Waals surface area contributed by atoms with E-state index in [2.05, 4.69) is 27.7 Å². The van der Waals surface area contributed by atoms with Crippen molar-refractivity contribution in [3.63, 3.8) is 0 Å². The summed E-state index contributed by atoms with van der Waals surface area (Å²) in [6.07, 6.45) is 23.0. The molecule has 12 nitrogen and oxygen atoms in total. The van der Waals surface area contributed by atoms with Crippen LogP contribution in [0.4, 0.5) is 19.2 Å². The van der Waals surface area contributed by atoms with Crippen molar-refractivity contribution in [2.45, 2.75) is 245 Å². The summed E-state index contributed by atoms with van der Waals surface area (Å²) in [5.41, 5.74) is 0. The van der Waals surface area contributed by atoms with Crippen LogP contribution in [-0.4, -0.2) is 72.5 Å². The maximum Gasteiger partial charge on any atom is 0.508 e. The Morgan fingerprint density at radius 2 is 0.603 bits per heavy atom. The van der Waals surface area contributed by atoms with Crippen molar-refractivity contribution in [3.05, 3.63) is 0 Å². The molecule has 1 aliphatic rings. The zero-order valence-corrected chi connectivity index (χ0v) is 37.1. The van der Waals surface area contributed by atoms with E-state index in [-0.39, 0.29) is 26.1 Å². The second-order valence-corrected chi connectivity index (χ2v) is 17.4. The Balaban J connectivity index is 2.31. The van der Waals surface area contributed by atoms with Crippen LogP contribution in [0, 0.1) is 11.8 Å². The second kappa shape index (κ2) is 36.0. The van der Waals surface area contributed by atoms with E-state index in [1.165, 1.54) is 128 Å². The van der Waals surface area contributed by atoms with Crippen molar-refractivity contribution in [1.29, 1.82) is 0 Å². The van der Waals surface area contributed by atoms with Crippen molar-refractivity contribution in [2.24, 2.45) is 11.8 Å². The molecule has 1 saturated carbocycles. The number of carbonyl (C=O) groups is 4. The summed E-state index contributed by atoms with van der Waals surface area (Å²) in [6, 6.07) is 0. The highest BCUT2D eigenvalue weighted by Gasteiger charge is 2.46. The molecule has 0 spiro atoms. The number of rotatable bonds is 36. The molecular weight excluding hydrogens is 744 g/mol. The fourth-order valence-electron chi connectivity index (χ4n) is 7.64. The summed E-state index contributed by atoms with van der Waals surface area (Å²) in [5.74, 6) is 1.62. The van der Waals surface area contributed by atoms with Crippen molar-refractivity contribution in [2.75, 3.05) is 13.2 Å². The third kappa shape index (κ3) is 32.0. The molecule has 12 heteroatoms. The average molecular weight is 829 g/mol. The lowest BCUT2D eigenvalue weighted by atomic mass is 9.89. The molecule has 1 rings (SSSR count). The minimum Gasteiger partial charge on any atom is -0.450 e. The Morgan fingerprint density at radius 3 is 0.845 bits per heavy atom. The van der Waals surface area contributed by atoms with Crippen LogP contribution in [0.2, 0.25) is 0 Å². The van der Waals surface area contributed by atoms with E-state index in [1.807, 2.05) is 0 Å². The zero-order valence-electron chi connectivity index (χ0n) is 37.1. The quantitative estimate of drug-likeness (QED) is 0.0349. The maximum atomic E-state index is 12.6. The lowest BCUT2D eigenvalue weighted by molar-refractivity contribution is -0.139. The predicted molar refractivity (Wildman–Crippen MR) is 226 cm³/mol. The standard InChI is InChI=1S/C46H84O12/c1-37(2)31-27-23-19-15-11-7-5-9-13-17-21-25-29-33-53-45(51)57-41-35-39(55-43(47)48)40(56-44(49)50)36-42(41)58-46(52)54-34-30-26-22-18-14-10-6-8-12-16-20-24-28-32-38(3)4/h37-42H,5-36H2,1-4H3,(H,47,48)(H,49,50). The molecule has 0 aromatic rings. The topological polar surface area (TPSA) is 164 Å². The summed E-state index contributed by atoms with van der Waals surface area (Å²) in [5, 5.41) is 18.4. The molecule has 0 amide bonds. The zero-order chi connectivity index (χ0) is 42.6. The number of hydrogen-bond donors (Lipinski definition) is 2. The first-order valence-corrected chi connectivity index (χ1v) is 23.4. The van der Waals surface area contributed by atoms with Crippen LogP contribution in [-0.2, 0) is 28.4 Å². The van der Waals surface area contributed by atoms with Gasteiger partial charge in [0.2, 0.25) is 0 Å². The van der Waals surface area contributed by atoms with Gasteiger partial charge in [-0.15, -0.1) is 0 Å². The van der Waals surface area contributed by atoms with Crippen molar-refractivity contribution >= 4 is 24.6 Å². The number of ether oxygens (including phenoxy) is 6. The van der Waals surface area contributed by atoms with E-state index in [4.69, 9.17) is 28.4 Å². The van der Waals surface area contributed by atoms with Crippen LogP contribution in [0.1, 0.15) is 220 Å². The van der Waals surface area contributed by atoms with Gasteiger partial charge in [0.15, 0.2) is 0 Å². The number of hydrogen-bond acceptors (Lipinski definition) is 10. The number of carboxylic acid groups (broad SMARTS) is 2. The highest BCUT2D eigenvalue weighted by molar-refractivity contribution is 5.62. The summed E-state index contributed by atoms with van der Waals surface area (Å²) in [6.45, 7) is 9.45. The molecule has 0 aromatic heterocycles. The van der Waals surface area contributed by atoms with Gasteiger partial charge in [0, 0.05) is 12.8 Å². The first kappa shape index (κ1) is 53.1. The highest BCUT2D eigenvalue weighted by atomic mass is 16.8. The van der Waals surface area contributed by atoms with Gasteiger partial charge in [-0.3, -0.25) is 0 Å². The Bertz CT molecular complexity index is 954. The van der Waals surface area contributed by atoms with Gasteiger partial charge in [0.25, 0.3) is 0 Å². The maximum absolute atomic E-state index is 12.6. The molecule has 0 radical (unpaired) electrons. The summed E-state index contributed by atoms with van der Waals surface area (Å²) in [4.78, 5) is 48.0. The van der Waals surface area contributed by atoms with E-state index in [0.717, 1.165) is 50.4 Å². The highest BCUT2D eigenvalue weighted by Crippen LogP contribution is 2.30. The molecule has 4 atom stereocenters. The second-order valence-electron chi connectivity index (χ2n) is 17.4. The minimum atomic E-state index is -1.65. The molecule has 0 aromatic carbocycles. The van der Waals surface area contributed by atoms with Crippen LogP contribution in [0.15, 0.2) is 0 Å². The fraction of sp³-hybridized carbons (Fsp3) is 0.913. The molecule has 0 bridgehead atoms. The molecule has 2 N–H and O–H groups in total. The van der Waals surface area contributed by atoms with Gasteiger partial charge >= 0.3 is 24.6 Å². The van der Waals surface area contributed by atoms with Gasteiger partial charge in [0.1, 0.15) is 24.4 Å². The number of carbonyl (C=O) groups excluding carboxylic acids is 2. The van der Waals surface area contributed by atoms with Crippen molar-refractivity contribution in [3.8, 4) is 0 Å². The summed E-state index contributed by atoms with van der Waals surface area (Å²) in [7, 11) is 0. The Hall–Kier alpha value is -2.92. The normalized spacial score (nSPS) is 17.9. The van der Waals surface area contributed by atoms with E-state index in [0.29, 0.717) is 12.8 Å². The van der Waals surface area contributed by atoms with Gasteiger partial charge in [-0.1, -0.05) is 195 Å². The average Bonchev–Trinajstić information content (AvgIpc) is 3.15. The van der Waals surface area contributed by atoms with Crippen LogP contribution >= 0.6 is 0 Å². The van der Waals surface area contributed by atoms with E-state index < -0.39 is 49.0 Å². The molecule has 58 heavy (non-hydrogen) atoms. The molecule has 0 saturated heterocycles. The van der Waals surface area contributed by atoms with Crippen LogP contribution in [0.25, 0.3) is 0 Å². The molecule has 1 fully saturated rings. The van der Waals surface area contributed by atoms with Crippen LogP contribution in [0.5, 0.6) is 0 Å². The van der Waals surface area contributed by atoms with Crippen LogP contribution < -0.4 is 0 Å². The van der Waals surface area contributed by atoms with Gasteiger partial charge in [0.05, 0.1) is 13.2 Å². The lowest BCUT2D eigenvalue weighted by Gasteiger charge is -2.37. The Kier molecular flexibility index (Phi) is 32.9. The van der Waals surface area contributed by atoms with E-state index in [1.54, 1.807) is 0 Å². The van der Waals surface area contributed by atoms with Gasteiger partial charge < -0.3 is 38.6 Å². The monoisotopic (exact) mass is 829 g/mol. The van der Waals surface area contributed by atoms with E-state index >= 15 is 0 Å². The molecule has 0 aliphatic heterocycles. The van der Waals surface area contributed by atoms with Gasteiger partial charge in [-0.2, -0.15) is 0 Å². The Morgan fingerprint density at radius 1 is 0.379 bits per heavy atom. The lowest BCUT2D eigenvalue weighted by Crippen LogP contribution is -2.51. The van der Waals surface area contributed by atoms with E-state index in [9.17, 15) is 29.4 Å². The first-order chi connectivity index (χ1) is 28.0. The first-order valence-electron chi connectivity index (χ1n) is 23.4. The molecule has 340 valence electrons. The van der Waals surface area contributed by atoms with Crippen molar-refractivity contribution < 1.29 is 57.8 Å². The summed E-state index contributed by atoms with van der Waals surface area (Å²) < 4.78 is 31.2. The molecule has 4 unspecified atom stereocenters. The predicted octanol–water partition coefficient (Wildman–Crippen LogP) is 14.2. The smallest absolute Gasteiger partial charge is 0.450 e. The largest absolute Gasteiger partial charge is 0.508 e. The molecule has 0 heterocycles. The fourth-order valence-corrected chi connectivity index (χ4v) is 7.64. The van der Waals surface area contributed by atoms with Gasteiger partial charge in [-0.25, -0.2) is 19.2 Å². The van der Waals surface area contributed by atoms with Crippen LogP contribution in [0.3, 0.4) is 0 Å². The third-order valence-corrected chi connectivity index (χ3v) is 11.0. The summed E-state index contributed by atoms with van der Waals surface area (Å²) >= 11 is 0. The van der Waals surface area contributed by atoms with Gasteiger partial charge in [-0.05, 0) is 24.7 Å². The molecule has 1 aliphatic carbocycles. The minimum absolute atomic E-state index is 0.148. The third-order valence-electron chi connectivity index (χ3n) is 11.0. The molecular formula is C46H84O12. The SMILES string of the molecule is CC(C)CCCCCCCCCCCCCCCOC(=O)OC1CC(OC(=O)O)C(OC(=O)O)CC1OC(=O)OCCCCCCCCCCCCCCCC(C)C. The number of unbranched alkanes of at least 4 members (excludes halogenated alkanes) is 24. The Labute approximate surface area is 351 Å².